The lowest BCUT2D eigenvalue weighted by molar-refractivity contribution is 0.231. The largest absolute Gasteiger partial charge is 0.312 e. The summed E-state index contributed by atoms with van der Waals surface area (Å²) in [5, 5.41) is 3.13. The van der Waals surface area contributed by atoms with E-state index in [0.717, 1.165) is 25.9 Å². The molecule has 1 atom stereocenters. The fourth-order valence-corrected chi connectivity index (χ4v) is 2.59. The topological polar surface area (TPSA) is 15.3 Å². The van der Waals surface area contributed by atoms with Gasteiger partial charge in [-0.25, -0.2) is 8.78 Å². The molecule has 0 saturated heterocycles. The fourth-order valence-electron chi connectivity index (χ4n) is 2.59. The van der Waals surface area contributed by atoms with Crippen molar-refractivity contribution in [2.24, 2.45) is 0 Å². The standard InChI is InChI=1S/C16H24F2N2/c1-3-4-10-20(12-8-9-12)11-15(19-2)13-6-5-7-14(17)16(13)18/h5-7,12,15,19H,3-4,8-11H2,1-2H3. The van der Waals surface area contributed by atoms with Crippen LogP contribution in [0.25, 0.3) is 0 Å². The van der Waals surface area contributed by atoms with Gasteiger partial charge in [0, 0.05) is 24.2 Å². The van der Waals surface area contributed by atoms with E-state index in [2.05, 4.69) is 17.1 Å². The lowest BCUT2D eigenvalue weighted by Crippen LogP contribution is -2.36. The minimum absolute atomic E-state index is 0.164. The summed E-state index contributed by atoms with van der Waals surface area (Å²) >= 11 is 0. The molecule has 1 aliphatic rings. The van der Waals surface area contributed by atoms with Crippen LogP contribution in [0.15, 0.2) is 18.2 Å². The molecule has 0 aliphatic heterocycles. The van der Waals surface area contributed by atoms with Crippen LogP contribution in [0.4, 0.5) is 8.78 Å². The highest BCUT2D eigenvalue weighted by atomic mass is 19.2. The quantitative estimate of drug-likeness (QED) is 0.785. The SMILES string of the molecule is CCCCN(CC(NC)c1cccc(F)c1F)C1CC1. The van der Waals surface area contributed by atoms with Gasteiger partial charge in [0.2, 0.25) is 0 Å². The lowest BCUT2D eigenvalue weighted by atomic mass is 10.1. The second-order valence-electron chi connectivity index (χ2n) is 5.56. The van der Waals surface area contributed by atoms with Crippen LogP contribution in [0.3, 0.4) is 0 Å². The van der Waals surface area contributed by atoms with Crippen molar-refractivity contribution in [1.82, 2.24) is 10.2 Å². The summed E-state index contributed by atoms with van der Waals surface area (Å²) in [6.07, 6.45) is 4.76. The van der Waals surface area contributed by atoms with Gasteiger partial charge < -0.3 is 5.32 Å². The molecule has 0 spiro atoms. The summed E-state index contributed by atoms with van der Waals surface area (Å²) in [7, 11) is 1.81. The molecular formula is C16H24F2N2. The summed E-state index contributed by atoms with van der Waals surface area (Å²) in [6.45, 7) is 3.95. The van der Waals surface area contributed by atoms with Crippen LogP contribution in [0.2, 0.25) is 0 Å². The van der Waals surface area contributed by atoms with Crippen molar-refractivity contribution in [2.75, 3.05) is 20.1 Å². The molecule has 0 amide bonds. The molecule has 112 valence electrons. The highest BCUT2D eigenvalue weighted by Crippen LogP contribution is 2.29. The average molecular weight is 282 g/mol. The van der Waals surface area contributed by atoms with E-state index in [1.54, 1.807) is 19.2 Å². The van der Waals surface area contributed by atoms with Gasteiger partial charge in [0.15, 0.2) is 11.6 Å². The number of halogens is 2. The number of hydrogen-bond donors (Lipinski definition) is 1. The Labute approximate surface area is 120 Å². The summed E-state index contributed by atoms with van der Waals surface area (Å²) in [4.78, 5) is 2.41. The normalized spacial score (nSPS) is 16.6. The molecule has 4 heteroatoms. The Hall–Kier alpha value is -1.00. The van der Waals surface area contributed by atoms with Crippen molar-refractivity contribution in [3.05, 3.63) is 35.4 Å². The zero-order valence-electron chi connectivity index (χ0n) is 12.3. The molecule has 1 fully saturated rings. The molecular weight excluding hydrogens is 258 g/mol. The molecule has 0 heterocycles. The van der Waals surface area contributed by atoms with E-state index in [1.807, 2.05) is 0 Å². The summed E-state index contributed by atoms with van der Waals surface area (Å²) < 4.78 is 27.3. The maximum Gasteiger partial charge on any atom is 0.163 e. The second-order valence-corrected chi connectivity index (χ2v) is 5.56. The molecule has 0 bridgehead atoms. The van der Waals surface area contributed by atoms with Crippen molar-refractivity contribution in [2.45, 2.75) is 44.7 Å². The zero-order valence-corrected chi connectivity index (χ0v) is 12.3. The zero-order chi connectivity index (χ0) is 14.5. The average Bonchev–Trinajstić information content (AvgIpc) is 3.27. The van der Waals surface area contributed by atoms with Crippen molar-refractivity contribution >= 4 is 0 Å². The van der Waals surface area contributed by atoms with Crippen molar-refractivity contribution in [1.29, 1.82) is 0 Å². The Bertz CT molecular complexity index is 432. The number of nitrogens with one attached hydrogen (secondary N) is 1. The predicted molar refractivity (Wildman–Crippen MR) is 77.7 cm³/mol. The summed E-state index contributed by atoms with van der Waals surface area (Å²) in [5.74, 6) is -1.49. The molecule has 0 radical (unpaired) electrons. The van der Waals surface area contributed by atoms with Crippen LogP contribution in [0.1, 0.15) is 44.2 Å². The predicted octanol–water partition coefficient (Wildman–Crippen LogP) is 3.49. The van der Waals surface area contributed by atoms with Gasteiger partial charge >= 0.3 is 0 Å². The Morgan fingerprint density at radius 3 is 2.70 bits per heavy atom. The number of nitrogens with zero attached hydrogens (tertiary/aromatic N) is 1. The van der Waals surface area contributed by atoms with E-state index < -0.39 is 11.6 Å². The second kappa shape index (κ2) is 7.14. The molecule has 1 aromatic rings. The van der Waals surface area contributed by atoms with Gasteiger partial charge in [0.05, 0.1) is 0 Å². The Kier molecular flexibility index (Phi) is 5.49. The summed E-state index contributed by atoms with van der Waals surface area (Å²) in [5.41, 5.74) is 0.426. The molecule has 2 nitrogen and oxygen atoms in total. The first kappa shape index (κ1) is 15.4. The number of unbranched alkanes of at least 4 members (excludes halogenated alkanes) is 1. The monoisotopic (exact) mass is 282 g/mol. The first-order valence-electron chi connectivity index (χ1n) is 7.52. The third kappa shape index (κ3) is 3.76. The minimum Gasteiger partial charge on any atom is -0.312 e. The number of hydrogen-bond acceptors (Lipinski definition) is 2. The fraction of sp³-hybridized carbons (Fsp3) is 0.625. The van der Waals surface area contributed by atoms with E-state index in [1.165, 1.54) is 18.9 Å². The van der Waals surface area contributed by atoms with E-state index in [4.69, 9.17) is 0 Å². The van der Waals surface area contributed by atoms with Gasteiger partial charge in [-0.15, -0.1) is 0 Å². The van der Waals surface area contributed by atoms with E-state index >= 15 is 0 Å². The Morgan fingerprint density at radius 2 is 2.10 bits per heavy atom. The highest BCUT2D eigenvalue weighted by Gasteiger charge is 2.30. The van der Waals surface area contributed by atoms with Crippen LogP contribution >= 0.6 is 0 Å². The third-order valence-electron chi connectivity index (χ3n) is 3.98. The maximum absolute atomic E-state index is 13.9. The van der Waals surface area contributed by atoms with Crippen LogP contribution in [-0.2, 0) is 0 Å². The number of benzene rings is 1. The molecule has 1 saturated carbocycles. The van der Waals surface area contributed by atoms with Gasteiger partial charge in [-0.05, 0) is 38.9 Å². The van der Waals surface area contributed by atoms with Gasteiger partial charge in [-0.3, -0.25) is 4.90 Å². The third-order valence-corrected chi connectivity index (χ3v) is 3.98. The highest BCUT2D eigenvalue weighted by molar-refractivity contribution is 5.23. The molecule has 0 aromatic heterocycles. The number of likely N-dealkylation sites (N-methyl/N-ethyl adjacent to an activating group) is 1. The summed E-state index contributed by atoms with van der Waals surface area (Å²) in [6, 6.07) is 4.88. The van der Waals surface area contributed by atoms with Gasteiger partial charge in [-0.1, -0.05) is 25.5 Å². The molecule has 1 aliphatic carbocycles. The van der Waals surface area contributed by atoms with E-state index in [9.17, 15) is 8.78 Å². The smallest absolute Gasteiger partial charge is 0.163 e. The maximum atomic E-state index is 13.9. The Balaban J connectivity index is 2.08. The minimum atomic E-state index is -0.769. The van der Waals surface area contributed by atoms with Crippen LogP contribution in [0, 0.1) is 11.6 Å². The van der Waals surface area contributed by atoms with E-state index in [0.29, 0.717) is 11.6 Å². The van der Waals surface area contributed by atoms with Crippen molar-refractivity contribution in [3.63, 3.8) is 0 Å². The first-order chi connectivity index (χ1) is 9.67. The van der Waals surface area contributed by atoms with Crippen molar-refractivity contribution < 1.29 is 8.78 Å². The van der Waals surface area contributed by atoms with Crippen LogP contribution in [0.5, 0.6) is 0 Å². The Morgan fingerprint density at radius 1 is 1.35 bits per heavy atom. The van der Waals surface area contributed by atoms with Gasteiger partial charge in [0.25, 0.3) is 0 Å². The molecule has 1 unspecified atom stereocenters. The molecule has 2 rings (SSSR count). The van der Waals surface area contributed by atoms with Crippen molar-refractivity contribution in [3.8, 4) is 0 Å². The molecule has 20 heavy (non-hydrogen) atoms. The number of rotatable bonds is 8. The van der Waals surface area contributed by atoms with Gasteiger partial charge in [0.1, 0.15) is 0 Å². The van der Waals surface area contributed by atoms with Crippen LogP contribution < -0.4 is 5.32 Å². The first-order valence-corrected chi connectivity index (χ1v) is 7.52. The molecule has 1 aromatic carbocycles. The van der Waals surface area contributed by atoms with E-state index in [-0.39, 0.29) is 6.04 Å². The molecule has 1 N–H and O–H groups in total. The van der Waals surface area contributed by atoms with Crippen LogP contribution in [-0.4, -0.2) is 31.1 Å². The van der Waals surface area contributed by atoms with Gasteiger partial charge in [-0.2, -0.15) is 0 Å². The lowest BCUT2D eigenvalue weighted by Gasteiger charge is -2.28.